The van der Waals surface area contributed by atoms with Gasteiger partial charge in [0, 0.05) is 31.8 Å². The van der Waals surface area contributed by atoms with Crippen molar-refractivity contribution in [2.75, 3.05) is 13.7 Å². The first kappa shape index (κ1) is 16.7. The van der Waals surface area contributed by atoms with E-state index in [2.05, 4.69) is 32.7 Å². The number of hydrogen-bond donors (Lipinski definition) is 1. The topological polar surface area (TPSA) is 87.2 Å². The van der Waals surface area contributed by atoms with Crippen LogP contribution in [-0.2, 0) is 24.9 Å². The number of hydrogen-bond acceptors (Lipinski definition) is 7. The maximum Gasteiger partial charge on any atom is 0.252 e. The van der Waals surface area contributed by atoms with Crippen molar-refractivity contribution in [3.63, 3.8) is 0 Å². The Balaban J connectivity index is 1.48. The molecule has 4 rings (SSSR count). The molecule has 3 aromatic rings. The van der Waals surface area contributed by atoms with Crippen molar-refractivity contribution in [3.05, 3.63) is 47.1 Å². The van der Waals surface area contributed by atoms with Gasteiger partial charge < -0.3 is 19.3 Å². The minimum atomic E-state index is 0.142. The number of aromatic nitrogens is 4. The molecule has 136 valence electrons. The summed E-state index contributed by atoms with van der Waals surface area (Å²) in [5, 5.41) is 11.9. The molecule has 0 unspecified atom stereocenters. The lowest BCUT2D eigenvalue weighted by Crippen LogP contribution is -2.23. The number of nitrogens with zero attached hydrogens (tertiary/aromatic N) is 4. The highest BCUT2D eigenvalue weighted by Gasteiger charge is 2.25. The molecule has 1 aliphatic rings. The van der Waals surface area contributed by atoms with E-state index in [-0.39, 0.29) is 6.04 Å². The van der Waals surface area contributed by atoms with Crippen molar-refractivity contribution in [2.45, 2.75) is 26.1 Å². The number of rotatable bonds is 6. The average Bonchev–Trinajstić information content (AvgIpc) is 3.32. The fraction of sp³-hybridized carbons (Fsp3) is 0.389. The van der Waals surface area contributed by atoms with E-state index in [0.29, 0.717) is 24.9 Å². The van der Waals surface area contributed by atoms with Gasteiger partial charge in [-0.25, -0.2) is 0 Å². The highest BCUT2D eigenvalue weighted by atomic mass is 16.5. The maximum atomic E-state index is 5.86. The predicted molar refractivity (Wildman–Crippen MR) is 93.5 cm³/mol. The number of methoxy groups -OCH3 is 1. The third-order valence-electron chi connectivity index (χ3n) is 4.42. The Morgan fingerprint density at radius 2 is 2.23 bits per heavy atom. The van der Waals surface area contributed by atoms with E-state index in [1.165, 1.54) is 0 Å². The summed E-state index contributed by atoms with van der Waals surface area (Å²) in [6.45, 7) is 3.62. The molecular formula is C18H21N5O3. The summed E-state index contributed by atoms with van der Waals surface area (Å²) in [5.41, 5.74) is 4.15. The molecule has 2 aromatic heterocycles. The quantitative estimate of drug-likeness (QED) is 0.725. The summed E-state index contributed by atoms with van der Waals surface area (Å²) in [5.74, 6) is 1.83. The van der Waals surface area contributed by atoms with Crippen LogP contribution in [0.3, 0.4) is 0 Å². The Kier molecular flexibility index (Phi) is 4.44. The average molecular weight is 355 g/mol. The number of benzene rings is 1. The lowest BCUT2D eigenvalue weighted by atomic mass is 10.1. The first-order valence-electron chi connectivity index (χ1n) is 8.45. The zero-order chi connectivity index (χ0) is 18.1. The molecule has 1 N–H and O–H groups in total. The van der Waals surface area contributed by atoms with Gasteiger partial charge >= 0.3 is 0 Å². The second-order valence-electron chi connectivity index (χ2n) is 6.34. The van der Waals surface area contributed by atoms with E-state index in [4.69, 9.17) is 14.0 Å². The summed E-state index contributed by atoms with van der Waals surface area (Å²) in [6.07, 6.45) is 0. The van der Waals surface area contributed by atoms with Crippen LogP contribution in [0.25, 0.3) is 11.4 Å². The summed E-state index contributed by atoms with van der Waals surface area (Å²) in [7, 11) is 3.55. The van der Waals surface area contributed by atoms with Gasteiger partial charge in [-0.15, -0.1) is 0 Å². The van der Waals surface area contributed by atoms with E-state index in [1.54, 1.807) is 7.11 Å². The SMILES string of the molecule is COCc1nc(-c2ccc3c(c2)OC[C@H]3NCc2cc(C)nn2C)no1. The van der Waals surface area contributed by atoms with Crippen LogP contribution in [0.2, 0.25) is 0 Å². The largest absolute Gasteiger partial charge is 0.491 e. The molecule has 0 saturated carbocycles. The lowest BCUT2D eigenvalue weighted by molar-refractivity contribution is 0.151. The molecule has 0 spiro atoms. The second kappa shape index (κ2) is 6.89. The number of ether oxygens (including phenoxy) is 2. The molecule has 0 radical (unpaired) electrons. The smallest absolute Gasteiger partial charge is 0.252 e. The van der Waals surface area contributed by atoms with Gasteiger partial charge in [0.1, 0.15) is 19.0 Å². The Bertz CT molecular complexity index is 917. The molecule has 0 amide bonds. The third kappa shape index (κ3) is 3.21. The summed E-state index contributed by atoms with van der Waals surface area (Å²) >= 11 is 0. The lowest BCUT2D eigenvalue weighted by Gasteiger charge is -2.11. The molecule has 8 nitrogen and oxygen atoms in total. The van der Waals surface area contributed by atoms with Gasteiger partial charge in [-0.05, 0) is 19.1 Å². The van der Waals surface area contributed by atoms with Crippen LogP contribution in [0, 0.1) is 6.92 Å². The molecule has 26 heavy (non-hydrogen) atoms. The van der Waals surface area contributed by atoms with Crippen LogP contribution in [0.4, 0.5) is 0 Å². The zero-order valence-corrected chi connectivity index (χ0v) is 15.0. The van der Waals surface area contributed by atoms with E-state index in [1.807, 2.05) is 30.8 Å². The van der Waals surface area contributed by atoms with Crippen LogP contribution in [0.1, 0.15) is 28.9 Å². The van der Waals surface area contributed by atoms with Crippen LogP contribution >= 0.6 is 0 Å². The normalized spacial score (nSPS) is 15.9. The minimum absolute atomic E-state index is 0.142. The van der Waals surface area contributed by atoms with Gasteiger partial charge in [-0.1, -0.05) is 17.3 Å². The van der Waals surface area contributed by atoms with Crippen LogP contribution in [0.5, 0.6) is 5.75 Å². The molecule has 1 atom stereocenters. The summed E-state index contributed by atoms with van der Waals surface area (Å²) in [4.78, 5) is 4.32. The Hall–Kier alpha value is -2.71. The molecule has 8 heteroatoms. The fourth-order valence-corrected chi connectivity index (χ4v) is 3.13. The van der Waals surface area contributed by atoms with Crippen molar-refractivity contribution >= 4 is 0 Å². The van der Waals surface area contributed by atoms with Crippen molar-refractivity contribution in [2.24, 2.45) is 7.05 Å². The number of aryl methyl sites for hydroxylation is 2. The second-order valence-corrected chi connectivity index (χ2v) is 6.34. The fourth-order valence-electron chi connectivity index (χ4n) is 3.13. The number of nitrogens with one attached hydrogen (secondary N) is 1. The maximum absolute atomic E-state index is 5.86. The molecule has 0 bridgehead atoms. The van der Waals surface area contributed by atoms with Gasteiger partial charge in [-0.3, -0.25) is 4.68 Å². The molecule has 1 aromatic carbocycles. The molecule has 0 fully saturated rings. The summed E-state index contributed by atoms with van der Waals surface area (Å²) in [6, 6.07) is 8.21. The first-order valence-corrected chi connectivity index (χ1v) is 8.45. The highest BCUT2D eigenvalue weighted by molar-refractivity contribution is 5.60. The van der Waals surface area contributed by atoms with E-state index < -0.39 is 0 Å². The van der Waals surface area contributed by atoms with Gasteiger partial charge in [0.2, 0.25) is 5.82 Å². The van der Waals surface area contributed by atoms with E-state index in [0.717, 1.165) is 34.8 Å². The van der Waals surface area contributed by atoms with Crippen LogP contribution in [0.15, 0.2) is 28.8 Å². The Morgan fingerprint density at radius 3 is 3.00 bits per heavy atom. The Morgan fingerprint density at radius 1 is 1.35 bits per heavy atom. The molecule has 1 aliphatic heterocycles. The monoisotopic (exact) mass is 355 g/mol. The zero-order valence-electron chi connectivity index (χ0n) is 15.0. The van der Waals surface area contributed by atoms with Crippen molar-refractivity contribution in [1.82, 2.24) is 25.2 Å². The van der Waals surface area contributed by atoms with Crippen LogP contribution < -0.4 is 10.1 Å². The first-order chi connectivity index (χ1) is 12.6. The van der Waals surface area contributed by atoms with Gasteiger partial charge in [0.15, 0.2) is 0 Å². The molecule has 3 heterocycles. The Labute approximate surface area is 151 Å². The van der Waals surface area contributed by atoms with Crippen molar-refractivity contribution in [3.8, 4) is 17.1 Å². The van der Waals surface area contributed by atoms with Gasteiger partial charge in [0.05, 0.1) is 17.4 Å². The van der Waals surface area contributed by atoms with Crippen molar-refractivity contribution < 1.29 is 14.0 Å². The minimum Gasteiger partial charge on any atom is -0.491 e. The predicted octanol–water partition coefficient (Wildman–Crippen LogP) is 2.15. The van der Waals surface area contributed by atoms with Crippen molar-refractivity contribution in [1.29, 1.82) is 0 Å². The molecular weight excluding hydrogens is 334 g/mol. The number of fused-ring (bicyclic) bond motifs is 1. The standard InChI is InChI=1S/C18H21N5O3/c1-11-6-13(23(2)21-11)8-19-15-9-25-16-7-12(4-5-14(15)16)18-20-17(10-24-3)26-22-18/h4-7,15,19H,8-10H2,1-3H3/t15-/m1/s1. The third-order valence-corrected chi connectivity index (χ3v) is 4.42. The summed E-state index contributed by atoms with van der Waals surface area (Å²) < 4.78 is 17.9. The molecule has 0 saturated heterocycles. The van der Waals surface area contributed by atoms with E-state index >= 15 is 0 Å². The van der Waals surface area contributed by atoms with Crippen LogP contribution in [-0.4, -0.2) is 33.6 Å². The van der Waals surface area contributed by atoms with Gasteiger partial charge in [0.25, 0.3) is 5.89 Å². The van der Waals surface area contributed by atoms with Gasteiger partial charge in [-0.2, -0.15) is 10.1 Å². The molecule has 0 aliphatic carbocycles. The van der Waals surface area contributed by atoms with E-state index in [9.17, 15) is 0 Å². The highest BCUT2D eigenvalue weighted by Crippen LogP contribution is 2.35.